The van der Waals surface area contributed by atoms with Crippen LogP contribution in [0.25, 0.3) is 0 Å². The number of rotatable bonds is 3. The van der Waals surface area contributed by atoms with Crippen molar-refractivity contribution in [3.8, 4) is 6.07 Å². The Morgan fingerprint density at radius 1 is 1.16 bits per heavy atom. The molecule has 31 heavy (non-hydrogen) atoms. The second-order valence-electron chi connectivity index (χ2n) is 12.3. The molecule has 6 rings (SSSR count). The van der Waals surface area contributed by atoms with E-state index < -0.39 is 0 Å². The minimum atomic E-state index is 0.167. The fourth-order valence-electron chi connectivity index (χ4n) is 10.5. The van der Waals surface area contributed by atoms with Crippen LogP contribution in [-0.4, -0.2) is 15.6 Å². The second kappa shape index (κ2) is 6.46. The van der Waals surface area contributed by atoms with Crippen molar-refractivity contribution in [2.75, 3.05) is 0 Å². The van der Waals surface area contributed by atoms with Crippen LogP contribution in [0.2, 0.25) is 0 Å². The van der Waals surface area contributed by atoms with Gasteiger partial charge in [0, 0.05) is 12.1 Å². The lowest BCUT2D eigenvalue weighted by Crippen LogP contribution is -2.49. The van der Waals surface area contributed by atoms with Gasteiger partial charge in [0.05, 0.1) is 6.54 Å². The Balaban J connectivity index is 1.23. The van der Waals surface area contributed by atoms with Gasteiger partial charge < -0.3 is 0 Å². The maximum atomic E-state index is 13.4. The van der Waals surface area contributed by atoms with Gasteiger partial charge in [-0.2, -0.15) is 10.4 Å². The van der Waals surface area contributed by atoms with Crippen LogP contribution in [0.1, 0.15) is 84.3 Å². The molecule has 0 N–H and O–H groups in total. The topological polar surface area (TPSA) is 58.7 Å². The molecule has 166 valence electrons. The Kier molecular flexibility index (Phi) is 4.17. The standard InChI is InChI=1S/C27H37N3O/c1-17-6-12-27-18(2)26(27,14-17)11-7-20-21-4-5-23(25(21,3)10-8-22(20)27)24(31)16-30-13-9-19(15-28)29-30/h9,13,17-18,20-23H,4-8,10-12,14,16H2,1-3H3/t17-,18+,20-,21?,22?,23+,25-,26+,27-/m0/s1. The maximum absolute atomic E-state index is 13.4. The van der Waals surface area contributed by atoms with Crippen LogP contribution in [0.5, 0.6) is 0 Å². The van der Waals surface area contributed by atoms with Crippen molar-refractivity contribution in [1.29, 1.82) is 5.26 Å². The average molecular weight is 420 g/mol. The molecule has 0 spiro atoms. The summed E-state index contributed by atoms with van der Waals surface area (Å²) in [5, 5.41) is 13.3. The molecule has 0 bridgehead atoms. The highest BCUT2D eigenvalue weighted by Crippen LogP contribution is 2.86. The molecule has 0 aliphatic heterocycles. The predicted molar refractivity (Wildman–Crippen MR) is 119 cm³/mol. The molecule has 1 heterocycles. The summed E-state index contributed by atoms with van der Waals surface area (Å²) in [6, 6.07) is 3.77. The number of fused-ring (bicyclic) bond motifs is 3. The molecule has 1 aromatic heterocycles. The van der Waals surface area contributed by atoms with Crippen LogP contribution in [0.15, 0.2) is 12.3 Å². The number of ketones is 1. The third kappa shape index (κ3) is 2.42. The summed E-state index contributed by atoms with van der Waals surface area (Å²) in [6.45, 7) is 7.85. The third-order valence-corrected chi connectivity index (χ3v) is 11.7. The van der Waals surface area contributed by atoms with E-state index in [0.29, 0.717) is 28.9 Å². The van der Waals surface area contributed by atoms with Crippen LogP contribution >= 0.6 is 0 Å². The van der Waals surface area contributed by atoms with Gasteiger partial charge in [0.25, 0.3) is 0 Å². The van der Waals surface area contributed by atoms with E-state index in [2.05, 4.69) is 31.9 Å². The number of Topliss-reactive ketones (excluding diaryl/α,β-unsaturated/α-hetero) is 1. The molecule has 0 aromatic carbocycles. The van der Waals surface area contributed by atoms with Gasteiger partial charge in [-0.3, -0.25) is 9.48 Å². The molecular weight excluding hydrogens is 382 g/mol. The van der Waals surface area contributed by atoms with Gasteiger partial charge in [0.15, 0.2) is 11.5 Å². The van der Waals surface area contributed by atoms with Crippen molar-refractivity contribution in [3.05, 3.63) is 18.0 Å². The molecule has 0 radical (unpaired) electrons. The SMILES string of the molecule is C[C@H]1CC[C@]23C4CC[C@@]5(C)C(CC[C@@H]5C(=O)Cn5ccc(C#N)n5)[C@@H]4CC[C@@]2(C1)[C@H]3C. The van der Waals surface area contributed by atoms with Crippen LogP contribution in [0.4, 0.5) is 0 Å². The third-order valence-electron chi connectivity index (χ3n) is 11.7. The molecule has 2 unspecified atom stereocenters. The van der Waals surface area contributed by atoms with Gasteiger partial charge in [-0.25, -0.2) is 0 Å². The molecule has 9 atom stereocenters. The molecular formula is C27H37N3O. The van der Waals surface area contributed by atoms with Gasteiger partial charge in [0.1, 0.15) is 6.07 Å². The molecule has 4 heteroatoms. The molecule has 4 nitrogen and oxygen atoms in total. The van der Waals surface area contributed by atoms with Crippen molar-refractivity contribution in [2.24, 2.45) is 51.8 Å². The number of hydrogen-bond donors (Lipinski definition) is 0. The second-order valence-corrected chi connectivity index (χ2v) is 12.3. The summed E-state index contributed by atoms with van der Waals surface area (Å²) < 4.78 is 1.67. The highest BCUT2D eigenvalue weighted by Gasteiger charge is 2.80. The number of aromatic nitrogens is 2. The Morgan fingerprint density at radius 2 is 2.00 bits per heavy atom. The number of carbonyl (C=O) groups is 1. The van der Waals surface area contributed by atoms with Crippen LogP contribution in [0.3, 0.4) is 0 Å². The number of nitrogens with zero attached hydrogens (tertiary/aromatic N) is 3. The summed E-state index contributed by atoms with van der Waals surface area (Å²) in [5.41, 5.74) is 1.88. The van der Waals surface area contributed by atoms with Crippen LogP contribution in [-0.2, 0) is 11.3 Å². The maximum Gasteiger partial charge on any atom is 0.162 e. The molecule has 0 saturated heterocycles. The van der Waals surface area contributed by atoms with Gasteiger partial charge in [-0.1, -0.05) is 27.2 Å². The zero-order chi connectivity index (χ0) is 21.6. The van der Waals surface area contributed by atoms with E-state index in [1.165, 1.54) is 51.4 Å². The quantitative estimate of drug-likeness (QED) is 0.639. The number of carbonyl (C=O) groups excluding carboxylic acids is 1. The lowest BCUT2D eigenvalue weighted by atomic mass is 9.49. The van der Waals surface area contributed by atoms with Gasteiger partial charge in [-0.15, -0.1) is 0 Å². The largest absolute Gasteiger partial charge is 0.297 e. The van der Waals surface area contributed by atoms with E-state index in [9.17, 15) is 4.79 Å². The minimum absolute atomic E-state index is 0.167. The minimum Gasteiger partial charge on any atom is -0.297 e. The Morgan fingerprint density at radius 3 is 2.77 bits per heavy atom. The van der Waals surface area contributed by atoms with Gasteiger partial charge >= 0.3 is 0 Å². The van der Waals surface area contributed by atoms with Crippen molar-refractivity contribution < 1.29 is 4.79 Å². The van der Waals surface area contributed by atoms with Crippen molar-refractivity contribution in [1.82, 2.24) is 9.78 Å². The molecule has 5 aliphatic carbocycles. The van der Waals surface area contributed by atoms with E-state index in [1.54, 1.807) is 16.9 Å². The Bertz CT molecular complexity index is 960. The zero-order valence-electron chi connectivity index (χ0n) is 19.4. The average Bonchev–Trinajstić information content (AvgIpc) is 3.08. The summed E-state index contributed by atoms with van der Waals surface area (Å²) in [6.07, 6.45) is 13.9. The van der Waals surface area contributed by atoms with Crippen molar-refractivity contribution in [3.63, 3.8) is 0 Å². The number of nitriles is 1. The van der Waals surface area contributed by atoms with Crippen molar-refractivity contribution in [2.45, 2.75) is 85.1 Å². The highest BCUT2D eigenvalue weighted by atomic mass is 16.1. The first-order valence-electron chi connectivity index (χ1n) is 12.8. The lowest BCUT2D eigenvalue weighted by molar-refractivity contribution is -0.131. The Hall–Kier alpha value is -1.63. The van der Waals surface area contributed by atoms with E-state index >= 15 is 0 Å². The summed E-state index contributed by atoms with van der Waals surface area (Å²) in [5.74, 6) is 4.84. The smallest absolute Gasteiger partial charge is 0.162 e. The normalized spacial score (nSPS) is 49.9. The van der Waals surface area contributed by atoms with Gasteiger partial charge in [-0.05, 0) is 103 Å². The molecule has 0 amide bonds. The Labute approximate surface area is 186 Å². The first-order valence-corrected chi connectivity index (χ1v) is 12.8. The zero-order valence-corrected chi connectivity index (χ0v) is 19.4. The fraction of sp³-hybridized carbons (Fsp3) is 0.815. The monoisotopic (exact) mass is 419 g/mol. The van der Waals surface area contributed by atoms with E-state index in [4.69, 9.17) is 5.26 Å². The highest BCUT2D eigenvalue weighted by molar-refractivity contribution is 5.82. The first kappa shape index (κ1) is 20.0. The van der Waals surface area contributed by atoms with Crippen LogP contribution < -0.4 is 0 Å². The van der Waals surface area contributed by atoms with E-state index in [1.807, 2.05) is 0 Å². The molecule has 5 saturated carbocycles. The molecule has 1 aromatic rings. The van der Waals surface area contributed by atoms with Crippen molar-refractivity contribution >= 4 is 5.78 Å². The number of hydrogen-bond acceptors (Lipinski definition) is 3. The summed E-state index contributed by atoms with van der Waals surface area (Å²) >= 11 is 0. The van der Waals surface area contributed by atoms with E-state index in [0.717, 1.165) is 36.0 Å². The molecule has 5 fully saturated rings. The molecule has 5 aliphatic rings. The van der Waals surface area contributed by atoms with Crippen LogP contribution in [0, 0.1) is 63.1 Å². The summed E-state index contributed by atoms with van der Waals surface area (Å²) in [7, 11) is 0. The van der Waals surface area contributed by atoms with E-state index in [-0.39, 0.29) is 11.3 Å². The fourth-order valence-corrected chi connectivity index (χ4v) is 10.5. The lowest BCUT2D eigenvalue weighted by Gasteiger charge is -2.56. The summed E-state index contributed by atoms with van der Waals surface area (Å²) in [4.78, 5) is 13.4. The first-order chi connectivity index (χ1) is 14.9. The predicted octanol–water partition coefficient (Wildman–Crippen LogP) is 5.62. The van der Waals surface area contributed by atoms with Gasteiger partial charge in [0.2, 0.25) is 0 Å².